The van der Waals surface area contributed by atoms with Crippen molar-refractivity contribution in [1.82, 2.24) is 39.8 Å². The molecular formula is C17H11ClN8S. The minimum absolute atomic E-state index is 0.607. The lowest BCUT2D eigenvalue weighted by Crippen LogP contribution is -1.99. The van der Waals surface area contributed by atoms with E-state index in [1.807, 2.05) is 43.3 Å². The van der Waals surface area contributed by atoms with Crippen molar-refractivity contribution in [2.45, 2.75) is 6.92 Å². The second kappa shape index (κ2) is 6.22. The Morgan fingerprint density at radius 2 is 1.81 bits per heavy atom. The molecule has 0 N–H and O–H groups in total. The minimum atomic E-state index is 0.607. The summed E-state index contributed by atoms with van der Waals surface area (Å²) in [6.07, 6.45) is 3.42. The van der Waals surface area contributed by atoms with Crippen LogP contribution in [0.25, 0.3) is 32.7 Å². The van der Waals surface area contributed by atoms with Crippen molar-refractivity contribution >= 4 is 27.9 Å². The topological polar surface area (TPSA) is 86.7 Å². The van der Waals surface area contributed by atoms with Crippen molar-refractivity contribution in [2.24, 2.45) is 0 Å². The molecule has 4 aromatic heterocycles. The summed E-state index contributed by atoms with van der Waals surface area (Å²) in [6, 6.07) is 11.2. The van der Waals surface area contributed by atoms with Gasteiger partial charge in [-0.2, -0.15) is 9.61 Å². The van der Waals surface area contributed by atoms with Gasteiger partial charge < -0.3 is 0 Å². The van der Waals surface area contributed by atoms with Gasteiger partial charge in [0, 0.05) is 18.0 Å². The molecule has 0 aliphatic rings. The monoisotopic (exact) mass is 394 g/mol. The van der Waals surface area contributed by atoms with Crippen molar-refractivity contribution in [2.75, 3.05) is 0 Å². The van der Waals surface area contributed by atoms with Crippen molar-refractivity contribution in [3.63, 3.8) is 0 Å². The van der Waals surface area contributed by atoms with Crippen LogP contribution >= 0.6 is 22.9 Å². The molecule has 0 saturated heterocycles. The number of para-hydroxylation sites is 1. The van der Waals surface area contributed by atoms with Gasteiger partial charge in [-0.05, 0) is 31.2 Å². The summed E-state index contributed by atoms with van der Waals surface area (Å²) < 4.78 is 3.42. The zero-order valence-electron chi connectivity index (χ0n) is 14.0. The Morgan fingerprint density at radius 3 is 2.63 bits per heavy atom. The molecule has 0 aliphatic carbocycles. The van der Waals surface area contributed by atoms with Gasteiger partial charge in [0.1, 0.15) is 5.69 Å². The van der Waals surface area contributed by atoms with E-state index in [4.69, 9.17) is 11.6 Å². The largest absolute Gasteiger partial charge is 0.265 e. The summed E-state index contributed by atoms with van der Waals surface area (Å²) in [7, 11) is 0. The number of hydrogen-bond acceptors (Lipinski definition) is 7. The molecule has 132 valence electrons. The van der Waals surface area contributed by atoms with E-state index in [2.05, 4.69) is 30.6 Å². The second-order valence-corrected chi connectivity index (χ2v) is 7.11. The molecule has 0 fully saturated rings. The van der Waals surface area contributed by atoms with Gasteiger partial charge in [0.05, 0.1) is 16.4 Å². The molecule has 0 unspecified atom stereocenters. The third kappa shape index (κ3) is 2.59. The molecule has 4 heterocycles. The van der Waals surface area contributed by atoms with Gasteiger partial charge >= 0.3 is 0 Å². The Kier molecular flexibility index (Phi) is 3.69. The number of pyridine rings is 1. The zero-order valence-corrected chi connectivity index (χ0v) is 15.6. The first-order chi connectivity index (χ1) is 13.2. The second-order valence-electron chi connectivity index (χ2n) is 5.75. The van der Waals surface area contributed by atoms with Crippen molar-refractivity contribution in [1.29, 1.82) is 0 Å². The van der Waals surface area contributed by atoms with E-state index in [9.17, 15) is 0 Å². The molecule has 0 aliphatic heterocycles. The molecule has 0 amide bonds. The van der Waals surface area contributed by atoms with Gasteiger partial charge in [-0.3, -0.25) is 4.98 Å². The molecule has 1 aromatic carbocycles. The highest BCUT2D eigenvalue weighted by Gasteiger charge is 2.20. The molecule has 5 aromatic rings. The Balaban J connectivity index is 1.61. The van der Waals surface area contributed by atoms with Gasteiger partial charge in [-0.1, -0.05) is 40.3 Å². The molecule has 0 saturated carbocycles. The van der Waals surface area contributed by atoms with Crippen LogP contribution in [0.4, 0.5) is 0 Å². The summed E-state index contributed by atoms with van der Waals surface area (Å²) in [6.45, 7) is 1.94. The first-order valence-corrected chi connectivity index (χ1v) is 9.22. The van der Waals surface area contributed by atoms with E-state index in [-0.39, 0.29) is 0 Å². The van der Waals surface area contributed by atoms with Crippen LogP contribution in [-0.2, 0) is 0 Å². The molecular weight excluding hydrogens is 384 g/mol. The molecule has 27 heavy (non-hydrogen) atoms. The number of halogens is 1. The van der Waals surface area contributed by atoms with Gasteiger partial charge in [0.25, 0.3) is 0 Å². The maximum atomic E-state index is 6.29. The summed E-state index contributed by atoms with van der Waals surface area (Å²) in [4.78, 5) is 4.72. The minimum Gasteiger partial charge on any atom is -0.265 e. The highest BCUT2D eigenvalue weighted by Crippen LogP contribution is 2.30. The third-order valence-electron chi connectivity index (χ3n) is 4.11. The van der Waals surface area contributed by atoms with Crippen LogP contribution in [-0.4, -0.2) is 39.8 Å². The van der Waals surface area contributed by atoms with Crippen LogP contribution in [0.2, 0.25) is 5.02 Å². The lowest BCUT2D eigenvalue weighted by molar-refractivity contribution is 0.785. The van der Waals surface area contributed by atoms with Gasteiger partial charge in [0.15, 0.2) is 10.8 Å². The van der Waals surface area contributed by atoms with E-state index in [1.54, 1.807) is 21.6 Å². The normalized spacial score (nSPS) is 11.3. The SMILES string of the molecule is Cc1c(-c2nn3c(-c4ccncc4)nnc3s2)nnn1-c1ccccc1Cl. The Morgan fingerprint density at radius 1 is 1.00 bits per heavy atom. The van der Waals surface area contributed by atoms with Gasteiger partial charge in [-0.25, -0.2) is 4.68 Å². The smallest absolute Gasteiger partial charge is 0.235 e. The van der Waals surface area contributed by atoms with Gasteiger partial charge in [0.2, 0.25) is 4.96 Å². The molecule has 0 bridgehead atoms. The summed E-state index contributed by atoms with van der Waals surface area (Å²) in [5.41, 5.74) is 3.20. The molecule has 5 rings (SSSR count). The lowest BCUT2D eigenvalue weighted by atomic mass is 10.2. The number of nitrogens with zero attached hydrogens (tertiary/aromatic N) is 8. The van der Waals surface area contributed by atoms with Crippen LogP contribution in [0.15, 0.2) is 48.8 Å². The van der Waals surface area contributed by atoms with Crippen molar-refractivity contribution in [3.8, 4) is 27.8 Å². The van der Waals surface area contributed by atoms with E-state index >= 15 is 0 Å². The fraction of sp³-hybridized carbons (Fsp3) is 0.0588. The number of fused-ring (bicyclic) bond motifs is 1. The highest BCUT2D eigenvalue weighted by atomic mass is 35.5. The van der Waals surface area contributed by atoms with E-state index in [1.165, 1.54) is 11.3 Å². The maximum absolute atomic E-state index is 6.29. The molecule has 0 spiro atoms. The van der Waals surface area contributed by atoms with Crippen LogP contribution in [0.1, 0.15) is 5.69 Å². The molecule has 8 nitrogen and oxygen atoms in total. The highest BCUT2D eigenvalue weighted by molar-refractivity contribution is 7.19. The lowest BCUT2D eigenvalue weighted by Gasteiger charge is -2.04. The van der Waals surface area contributed by atoms with Crippen molar-refractivity contribution in [3.05, 3.63) is 59.5 Å². The zero-order chi connectivity index (χ0) is 18.4. The summed E-state index contributed by atoms with van der Waals surface area (Å²) in [5.74, 6) is 0.658. The molecule has 0 radical (unpaired) electrons. The number of rotatable bonds is 3. The fourth-order valence-corrected chi connectivity index (χ4v) is 3.86. The number of benzene rings is 1. The van der Waals surface area contributed by atoms with Crippen LogP contribution < -0.4 is 0 Å². The van der Waals surface area contributed by atoms with Crippen molar-refractivity contribution < 1.29 is 0 Å². The first-order valence-electron chi connectivity index (χ1n) is 8.02. The summed E-state index contributed by atoms with van der Waals surface area (Å²) >= 11 is 7.70. The average molecular weight is 395 g/mol. The summed E-state index contributed by atoms with van der Waals surface area (Å²) in [5, 5.41) is 23.0. The Bertz CT molecular complexity index is 1260. The Labute approximate surface area is 162 Å². The van der Waals surface area contributed by atoms with E-state index in [0.717, 1.165) is 16.9 Å². The standard InChI is InChI=1S/C17H11ClN8S/c1-10-14(20-24-25(10)13-5-3-2-4-12(13)18)16-23-26-15(21-22-17(26)27-16)11-6-8-19-9-7-11/h2-9H,1H3. The molecule has 0 atom stereocenters. The quantitative estimate of drug-likeness (QED) is 0.465. The predicted octanol–water partition coefficient (Wildman–Crippen LogP) is 3.46. The van der Waals surface area contributed by atoms with Crippen LogP contribution in [0.5, 0.6) is 0 Å². The Hall–Kier alpha value is -3.17. The molecule has 10 heteroatoms. The van der Waals surface area contributed by atoms with E-state index < -0.39 is 0 Å². The van der Waals surface area contributed by atoms with Gasteiger partial charge in [-0.15, -0.1) is 15.3 Å². The number of hydrogen-bond donors (Lipinski definition) is 0. The first kappa shape index (κ1) is 16.0. The maximum Gasteiger partial charge on any atom is 0.235 e. The number of aromatic nitrogens is 8. The third-order valence-corrected chi connectivity index (χ3v) is 5.33. The van der Waals surface area contributed by atoms with E-state index in [0.29, 0.717) is 26.5 Å². The predicted molar refractivity (Wildman–Crippen MR) is 102 cm³/mol. The van der Waals surface area contributed by atoms with Crippen LogP contribution in [0, 0.1) is 6.92 Å². The average Bonchev–Trinajstić information content (AvgIpc) is 3.37. The van der Waals surface area contributed by atoms with Crippen LogP contribution in [0.3, 0.4) is 0 Å². The fourth-order valence-electron chi connectivity index (χ4n) is 2.77.